The van der Waals surface area contributed by atoms with E-state index < -0.39 is 6.10 Å². The molecule has 6 nitrogen and oxygen atoms in total. The number of carbonyl (C=O) groups excluding carboxylic acids is 1. The molecule has 2 aromatic rings. The van der Waals surface area contributed by atoms with E-state index >= 15 is 0 Å². The molecule has 6 heteroatoms. The van der Waals surface area contributed by atoms with Crippen molar-refractivity contribution in [3.05, 3.63) is 59.4 Å². The normalized spacial score (nSPS) is 21.2. The molecule has 3 N–H and O–H groups in total. The van der Waals surface area contributed by atoms with Gasteiger partial charge in [0.05, 0.1) is 12.1 Å². The number of carbonyl (C=O) groups is 1. The van der Waals surface area contributed by atoms with Crippen molar-refractivity contribution in [3.63, 3.8) is 0 Å². The molecule has 0 saturated carbocycles. The Morgan fingerprint density at radius 2 is 2.21 bits per heavy atom. The smallest absolute Gasteiger partial charge is 0.251 e. The van der Waals surface area contributed by atoms with Gasteiger partial charge in [-0.05, 0) is 30.2 Å². The topological polar surface area (TPSA) is 92.2 Å². The summed E-state index contributed by atoms with van der Waals surface area (Å²) in [6.45, 7) is 1.95. The van der Waals surface area contributed by atoms with Gasteiger partial charge < -0.3 is 15.4 Å². The maximum Gasteiger partial charge on any atom is 0.251 e. The van der Waals surface area contributed by atoms with Crippen molar-refractivity contribution < 1.29 is 9.90 Å². The molecule has 0 aliphatic carbocycles. The highest BCUT2D eigenvalue weighted by Crippen LogP contribution is 2.15. The molecule has 1 aromatic heterocycles. The maximum atomic E-state index is 12.2. The minimum absolute atomic E-state index is 0.155. The molecule has 124 valence electrons. The lowest BCUT2D eigenvalue weighted by Crippen LogP contribution is -2.53. The highest BCUT2D eigenvalue weighted by Gasteiger charge is 2.29. The van der Waals surface area contributed by atoms with Crippen molar-refractivity contribution in [1.29, 1.82) is 5.26 Å². The van der Waals surface area contributed by atoms with Gasteiger partial charge in [-0.15, -0.1) is 0 Å². The third kappa shape index (κ3) is 3.82. The highest BCUT2D eigenvalue weighted by molar-refractivity contribution is 5.94. The molecule has 0 unspecified atom stereocenters. The lowest BCUT2D eigenvalue weighted by Gasteiger charge is -2.36. The Morgan fingerprint density at radius 1 is 1.42 bits per heavy atom. The fourth-order valence-corrected chi connectivity index (χ4v) is 3.00. The lowest BCUT2D eigenvalue weighted by atomic mass is 10.0. The summed E-state index contributed by atoms with van der Waals surface area (Å²) in [7, 11) is 0. The first-order valence-electron chi connectivity index (χ1n) is 7.99. The average molecular weight is 324 g/mol. The van der Waals surface area contributed by atoms with Crippen LogP contribution < -0.4 is 5.32 Å². The largest absolute Gasteiger partial charge is 0.390 e. The lowest BCUT2D eigenvalue weighted by molar-refractivity contribution is 0.0350. The zero-order valence-electron chi connectivity index (χ0n) is 13.3. The summed E-state index contributed by atoms with van der Waals surface area (Å²) >= 11 is 0. The van der Waals surface area contributed by atoms with Crippen molar-refractivity contribution in [3.8, 4) is 6.07 Å². The van der Waals surface area contributed by atoms with E-state index in [2.05, 4.69) is 21.3 Å². The number of β-amino-alcohol motifs (C(OH)–C–C–N with tert-alkyl or cyclic N) is 1. The summed E-state index contributed by atoms with van der Waals surface area (Å²) in [4.78, 5) is 17.2. The Balaban J connectivity index is 1.53. The fraction of sp³-hybridized carbons (Fsp3) is 0.333. The van der Waals surface area contributed by atoms with E-state index in [0.717, 1.165) is 12.1 Å². The molecule has 24 heavy (non-hydrogen) atoms. The molecule has 1 aromatic carbocycles. The average Bonchev–Trinajstić information content (AvgIpc) is 3.05. The Hall–Kier alpha value is -2.62. The number of nitrogens with zero attached hydrogens (tertiary/aromatic N) is 2. The number of aromatic amines is 1. The quantitative estimate of drug-likeness (QED) is 0.789. The molecule has 2 atom stereocenters. The SMILES string of the molecule is N#Cc1cc(CN2CC[C@@H](NC(=O)c3ccccc3)[C@H](O)C2)c[nH]1. The van der Waals surface area contributed by atoms with Crippen LogP contribution in [-0.4, -0.2) is 46.1 Å². The second-order valence-electron chi connectivity index (χ2n) is 6.07. The minimum atomic E-state index is -0.610. The molecule has 1 amide bonds. The predicted octanol–water partition coefficient (Wildman–Crippen LogP) is 1.25. The zero-order valence-corrected chi connectivity index (χ0v) is 13.3. The molecule has 1 saturated heterocycles. The van der Waals surface area contributed by atoms with E-state index in [1.807, 2.05) is 30.5 Å². The minimum Gasteiger partial charge on any atom is -0.390 e. The van der Waals surface area contributed by atoms with Gasteiger partial charge in [0.25, 0.3) is 5.91 Å². The van der Waals surface area contributed by atoms with Gasteiger partial charge in [0.15, 0.2) is 0 Å². The van der Waals surface area contributed by atoms with Crippen molar-refractivity contribution in [2.75, 3.05) is 13.1 Å². The van der Waals surface area contributed by atoms with Gasteiger partial charge in [-0.3, -0.25) is 9.69 Å². The number of hydrogen-bond donors (Lipinski definition) is 3. The number of aromatic nitrogens is 1. The van der Waals surface area contributed by atoms with Crippen LogP contribution in [0, 0.1) is 11.3 Å². The third-order valence-electron chi connectivity index (χ3n) is 4.29. The summed E-state index contributed by atoms with van der Waals surface area (Å²) in [6.07, 6.45) is 1.89. The van der Waals surface area contributed by atoms with E-state index in [0.29, 0.717) is 30.8 Å². The van der Waals surface area contributed by atoms with Gasteiger partial charge in [0.1, 0.15) is 11.8 Å². The van der Waals surface area contributed by atoms with Crippen LogP contribution in [0.1, 0.15) is 28.0 Å². The van der Waals surface area contributed by atoms with Crippen LogP contribution in [0.3, 0.4) is 0 Å². The number of hydrogen-bond acceptors (Lipinski definition) is 4. The van der Waals surface area contributed by atoms with Crippen LogP contribution >= 0.6 is 0 Å². The Kier molecular flexibility index (Phi) is 4.94. The van der Waals surface area contributed by atoms with E-state index in [4.69, 9.17) is 5.26 Å². The Bertz CT molecular complexity index is 735. The first kappa shape index (κ1) is 16.2. The molecule has 1 aliphatic rings. The fourth-order valence-electron chi connectivity index (χ4n) is 3.00. The van der Waals surface area contributed by atoms with Crippen molar-refractivity contribution in [1.82, 2.24) is 15.2 Å². The molecular formula is C18H20N4O2. The summed E-state index contributed by atoms with van der Waals surface area (Å²) in [5.41, 5.74) is 2.16. The standard InChI is InChI=1S/C18H20N4O2/c19-9-15-8-13(10-20-15)11-22-7-6-16(17(23)12-22)21-18(24)14-4-2-1-3-5-14/h1-5,8,10,16-17,20,23H,6-7,11-12H2,(H,21,24)/t16-,17-/m1/s1. The van der Waals surface area contributed by atoms with Gasteiger partial charge >= 0.3 is 0 Å². The van der Waals surface area contributed by atoms with Crippen molar-refractivity contribution in [2.45, 2.75) is 25.1 Å². The molecule has 2 heterocycles. The number of piperidine rings is 1. The zero-order chi connectivity index (χ0) is 16.9. The van der Waals surface area contributed by atoms with Crippen LogP contribution in [0.2, 0.25) is 0 Å². The van der Waals surface area contributed by atoms with E-state index in [1.165, 1.54) is 0 Å². The molecule has 0 spiro atoms. The molecule has 3 rings (SSSR count). The summed E-state index contributed by atoms with van der Waals surface area (Å²) in [6, 6.07) is 12.7. The molecule has 1 aliphatic heterocycles. The third-order valence-corrected chi connectivity index (χ3v) is 4.29. The second-order valence-corrected chi connectivity index (χ2v) is 6.07. The number of aliphatic hydroxyl groups is 1. The van der Waals surface area contributed by atoms with Gasteiger partial charge in [0.2, 0.25) is 0 Å². The molecular weight excluding hydrogens is 304 g/mol. The number of nitriles is 1. The van der Waals surface area contributed by atoms with E-state index in [1.54, 1.807) is 12.1 Å². The molecule has 1 fully saturated rings. The number of amides is 1. The molecule has 0 radical (unpaired) electrons. The number of benzene rings is 1. The predicted molar refractivity (Wildman–Crippen MR) is 89.1 cm³/mol. The Labute approximate surface area is 140 Å². The number of rotatable bonds is 4. The summed E-state index contributed by atoms with van der Waals surface area (Å²) in [5, 5.41) is 22.1. The number of aliphatic hydroxyl groups excluding tert-OH is 1. The van der Waals surface area contributed by atoms with Crippen LogP contribution in [0.5, 0.6) is 0 Å². The van der Waals surface area contributed by atoms with Crippen molar-refractivity contribution >= 4 is 5.91 Å². The van der Waals surface area contributed by atoms with Crippen LogP contribution in [0.15, 0.2) is 42.6 Å². The van der Waals surface area contributed by atoms with Gasteiger partial charge in [-0.2, -0.15) is 5.26 Å². The van der Waals surface area contributed by atoms with Crippen LogP contribution in [0.25, 0.3) is 0 Å². The number of nitrogens with one attached hydrogen (secondary N) is 2. The second kappa shape index (κ2) is 7.30. The first-order valence-corrected chi connectivity index (χ1v) is 7.99. The monoisotopic (exact) mass is 324 g/mol. The van der Waals surface area contributed by atoms with Gasteiger partial charge in [-0.25, -0.2) is 0 Å². The van der Waals surface area contributed by atoms with Crippen molar-refractivity contribution in [2.24, 2.45) is 0 Å². The number of likely N-dealkylation sites (tertiary alicyclic amines) is 1. The highest BCUT2D eigenvalue weighted by atomic mass is 16.3. The van der Waals surface area contributed by atoms with Gasteiger partial charge in [-0.1, -0.05) is 18.2 Å². The first-order chi connectivity index (χ1) is 11.7. The maximum absolute atomic E-state index is 12.2. The van der Waals surface area contributed by atoms with E-state index in [-0.39, 0.29) is 11.9 Å². The number of H-pyrrole nitrogens is 1. The van der Waals surface area contributed by atoms with Crippen LogP contribution in [0.4, 0.5) is 0 Å². The van der Waals surface area contributed by atoms with E-state index in [9.17, 15) is 9.90 Å². The van der Waals surface area contributed by atoms with Crippen LogP contribution in [-0.2, 0) is 6.54 Å². The van der Waals surface area contributed by atoms with Gasteiger partial charge in [0, 0.05) is 31.4 Å². The Morgan fingerprint density at radius 3 is 2.88 bits per heavy atom. The molecule has 0 bridgehead atoms. The summed E-state index contributed by atoms with van der Waals surface area (Å²) in [5.74, 6) is -0.155. The summed E-state index contributed by atoms with van der Waals surface area (Å²) < 4.78 is 0.